The fraction of sp³-hybridized carbons (Fsp3) is 0.808. The van der Waals surface area contributed by atoms with Gasteiger partial charge in [0.1, 0.15) is 26.4 Å². The number of alkyl carbamates (subject to hydrolysis) is 2. The molecular weight excluding hydrogens is 573 g/mol. The lowest BCUT2D eigenvalue weighted by atomic mass is 10.0. The second kappa shape index (κ2) is 29.1. The second-order valence-corrected chi connectivity index (χ2v) is 8.87. The zero-order valence-corrected chi connectivity index (χ0v) is 25.7. The molecule has 0 saturated carbocycles. The summed E-state index contributed by atoms with van der Waals surface area (Å²) in [7, 11) is 1.43. The van der Waals surface area contributed by atoms with Crippen LogP contribution in [0.4, 0.5) is 9.59 Å². The van der Waals surface area contributed by atoms with Crippen molar-refractivity contribution in [2.24, 2.45) is 0 Å². The summed E-state index contributed by atoms with van der Waals surface area (Å²) in [4.78, 5) is 59.5. The highest BCUT2D eigenvalue weighted by molar-refractivity contribution is 6.58. The molecular formula is C26H48BN3O13. The van der Waals surface area contributed by atoms with Crippen molar-refractivity contribution in [3.8, 4) is 0 Å². The summed E-state index contributed by atoms with van der Waals surface area (Å²) in [6, 6.07) is 0. The number of hydrogen-bond donors (Lipinski definition) is 2. The highest BCUT2D eigenvalue weighted by Gasteiger charge is 2.11. The zero-order chi connectivity index (χ0) is 32.0. The summed E-state index contributed by atoms with van der Waals surface area (Å²) in [6.45, 7) is 6.63. The highest BCUT2D eigenvalue weighted by Crippen LogP contribution is 1.93. The van der Waals surface area contributed by atoms with Gasteiger partial charge in [0.15, 0.2) is 7.85 Å². The van der Waals surface area contributed by atoms with E-state index in [9.17, 15) is 24.0 Å². The van der Waals surface area contributed by atoms with Crippen LogP contribution in [0.5, 0.6) is 0 Å². The molecule has 0 aromatic rings. The van der Waals surface area contributed by atoms with E-state index in [2.05, 4.69) is 10.6 Å². The molecule has 0 aliphatic rings. The van der Waals surface area contributed by atoms with E-state index in [0.717, 1.165) is 12.8 Å². The third-order valence-corrected chi connectivity index (χ3v) is 4.88. The van der Waals surface area contributed by atoms with Gasteiger partial charge in [0.2, 0.25) is 0 Å². The molecule has 0 atom stereocenters. The first-order chi connectivity index (χ1) is 20.8. The average Bonchev–Trinajstić information content (AvgIpc) is 2.97. The van der Waals surface area contributed by atoms with Crippen LogP contribution in [-0.2, 0) is 52.3 Å². The highest BCUT2D eigenvalue weighted by atomic mass is 16.6. The Labute approximate surface area is 254 Å². The summed E-state index contributed by atoms with van der Waals surface area (Å²) in [5.41, 5.74) is -0.0922. The smallest absolute Gasteiger partial charge is 0.407 e. The Hall–Kier alpha value is -2.99. The maximum absolute atomic E-state index is 11.9. The molecule has 0 fully saturated rings. The van der Waals surface area contributed by atoms with Gasteiger partial charge in [-0.3, -0.25) is 4.90 Å². The summed E-state index contributed by atoms with van der Waals surface area (Å²) in [5, 5.41) is 5.08. The van der Waals surface area contributed by atoms with Gasteiger partial charge in [-0.05, 0) is 12.8 Å². The van der Waals surface area contributed by atoms with Crippen molar-refractivity contribution >= 4 is 37.7 Å². The number of rotatable bonds is 28. The molecule has 0 heterocycles. The first kappa shape index (κ1) is 40.0. The van der Waals surface area contributed by atoms with E-state index in [1.54, 1.807) is 4.90 Å². The number of hydrogen-bond acceptors (Lipinski definition) is 14. The fourth-order valence-corrected chi connectivity index (χ4v) is 2.94. The number of carbonyl (C=O) groups excluding carboxylic acids is 5. The maximum atomic E-state index is 11.9. The molecule has 0 aromatic heterocycles. The van der Waals surface area contributed by atoms with Gasteiger partial charge in [0, 0.05) is 32.7 Å². The molecule has 0 saturated heterocycles. The molecule has 17 heteroatoms. The van der Waals surface area contributed by atoms with E-state index < -0.39 is 24.1 Å². The van der Waals surface area contributed by atoms with E-state index >= 15 is 0 Å². The van der Waals surface area contributed by atoms with Crippen molar-refractivity contribution in [1.82, 2.24) is 15.5 Å². The van der Waals surface area contributed by atoms with Crippen LogP contribution >= 0.6 is 0 Å². The Morgan fingerprint density at radius 1 is 0.558 bits per heavy atom. The van der Waals surface area contributed by atoms with E-state index in [1.165, 1.54) is 7.85 Å². The quantitative estimate of drug-likeness (QED) is 0.0463. The predicted octanol–water partition coefficient (Wildman–Crippen LogP) is -1.13. The molecule has 43 heavy (non-hydrogen) atoms. The van der Waals surface area contributed by atoms with Gasteiger partial charge in [-0.15, -0.1) is 0 Å². The number of carbonyl (C=O) groups is 5. The van der Waals surface area contributed by atoms with Crippen LogP contribution in [0.25, 0.3) is 0 Å². The van der Waals surface area contributed by atoms with E-state index in [4.69, 9.17) is 37.9 Å². The Balaban J connectivity index is 3.82. The minimum absolute atomic E-state index is 0.0261. The lowest BCUT2D eigenvalue weighted by Crippen LogP contribution is -2.36. The van der Waals surface area contributed by atoms with Crippen LogP contribution in [0.3, 0.4) is 0 Å². The van der Waals surface area contributed by atoms with Gasteiger partial charge in [-0.2, -0.15) is 0 Å². The first-order valence-electron chi connectivity index (χ1n) is 14.4. The summed E-state index contributed by atoms with van der Waals surface area (Å²) in [5.74, 6) is -1.14. The SMILES string of the molecule is BC(=O)CN(CCOC(=O)COCCOCCNC(=O)OCCC)CCOC(=O)COCCOCCNC(=O)OCCC. The number of esters is 2. The van der Waals surface area contributed by atoms with Crippen LogP contribution in [0.2, 0.25) is 0 Å². The van der Waals surface area contributed by atoms with Crippen LogP contribution < -0.4 is 10.6 Å². The van der Waals surface area contributed by atoms with Crippen LogP contribution in [0.1, 0.15) is 26.7 Å². The van der Waals surface area contributed by atoms with Crippen LogP contribution in [0, 0.1) is 0 Å². The normalized spacial score (nSPS) is 10.7. The predicted molar refractivity (Wildman–Crippen MR) is 154 cm³/mol. The van der Waals surface area contributed by atoms with Crippen molar-refractivity contribution in [2.45, 2.75) is 26.7 Å². The Morgan fingerprint density at radius 3 is 1.37 bits per heavy atom. The van der Waals surface area contributed by atoms with E-state index in [1.807, 2.05) is 13.8 Å². The summed E-state index contributed by atoms with van der Waals surface area (Å²) < 4.78 is 40.9. The minimum Gasteiger partial charge on any atom is -0.463 e. The molecule has 0 radical (unpaired) electrons. The average molecular weight is 621 g/mol. The van der Waals surface area contributed by atoms with Crippen LogP contribution in [-0.4, -0.2) is 155 Å². The third-order valence-electron chi connectivity index (χ3n) is 4.88. The Kier molecular flexibility index (Phi) is 27.1. The number of nitrogens with zero attached hydrogens (tertiary/aromatic N) is 1. The van der Waals surface area contributed by atoms with Crippen molar-refractivity contribution in [2.75, 3.05) is 112 Å². The zero-order valence-electron chi connectivity index (χ0n) is 25.7. The molecule has 2 amide bonds. The first-order valence-corrected chi connectivity index (χ1v) is 14.4. The second-order valence-electron chi connectivity index (χ2n) is 8.87. The molecule has 0 aliphatic carbocycles. The number of ether oxygens (including phenoxy) is 8. The molecule has 0 spiro atoms. The van der Waals surface area contributed by atoms with Crippen molar-refractivity contribution in [3.63, 3.8) is 0 Å². The summed E-state index contributed by atoms with van der Waals surface area (Å²) in [6.07, 6.45) is 0.501. The Bertz CT molecular complexity index is 723. The van der Waals surface area contributed by atoms with Gasteiger partial charge in [-0.1, -0.05) is 13.8 Å². The van der Waals surface area contributed by atoms with Gasteiger partial charge < -0.3 is 53.3 Å². The molecule has 0 aromatic carbocycles. The van der Waals surface area contributed by atoms with Gasteiger partial charge in [0.25, 0.3) is 0 Å². The topological polar surface area (TPSA) is 186 Å². The van der Waals surface area contributed by atoms with Crippen LogP contribution in [0.15, 0.2) is 0 Å². The molecule has 248 valence electrons. The van der Waals surface area contributed by atoms with Gasteiger partial charge >= 0.3 is 24.1 Å². The van der Waals surface area contributed by atoms with Crippen molar-refractivity contribution < 1.29 is 61.9 Å². The fourth-order valence-electron chi connectivity index (χ4n) is 2.94. The maximum Gasteiger partial charge on any atom is 0.407 e. The number of amides is 2. The van der Waals surface area contributed by atoms with Crippen molar-refractivity contribution in [1.29, 1.82) is 0 Å². The molecule has 0 rings (SSSR count). The molecule has 16 nitrogen and oxygen atoms in total. The third kappa shape index (κ3) is 28.9. The molecule has 0 unspecified atom stereocenters. The number of nitrogens with one attached hydrogen (secondary N) is 2. The van der Waals surface area contributed by atoms with Gasteiger partial charge in [0.05, 0.1) is 58.5 Å². The summed E-state index contributed by atoms with van der Waals surface area (Å²) >= 11 is 0. The van der Waals surface area contributed by atoms with E-state index in [0.29, 0.717) is 26.3 Å². The molecule has 0 bridgehead atoms. The van der Waals surface area contributed by atoms with E-state index in [-0.39, 0.29) is 91.4 Å². The van der Waals surface area contributed by atoms with Gasteiger partial charge in [-0.25, -0.2) is 19.2 Å². The lowest BCUT2D eigenvalue weighted by Gasteiger charge is -2.20. The minimum atomic E-state index is -0.568. The monoisotopic (exact) mass is 621 g/mol. The van der Waals surface area contributed by atoms with Crippen molar-refractivity contribution in [3.05, 3.63) is 0 Å². The standard InChI is InChI=1S/C26H48BN3O13/c1-3-9-42-25(34)28-5-11-36-15-17-38-20-23(32)40-13-7-30(19-22(27)31)8-14-41-24(33)21-39-18-16-37-12-6-29-26(35)43-10-4-2/h3-21,27H2,1-2H3,(H,28,34)(H,29,35). The molecule has 2 N–H and O–H groups in total. The Morgan fingerprint density at radius 2 is 0.977 bits per heavy atom. The lowest BCUT2D eigenvalue weighted by molar-refractivity contribution is -0.150. The molecule has 0 aliphatic heterocycles. The largest absolute Gasteiger partial charge is 0.463 e.